The molecule has 180 valence electrons. The minimum absolute atomic E-state index is 0.000737. The predicted octanol–water partition coefficient (Wildman–Crippen LogP) is 2.10. The number of nitrogens with one attached hydrogen (secondary N) is 1. The van der Waals surface area contributed by atoms with E-state index in [9.17, 15) is 19.5 Å². The SMILES string of the molecule is COC[C@H](NC(=O)OCC1c2ccccc2-c2ccccc21)C(=O)N1CC(OC)C(C(=O)O)C1. The molecule has 2 N–H and O–H groups in total. The molecule has 2 unspecified atom stereocenters. The monoisotopic (exact) mass is 468 g/mol. The summed E-state index contributed by atoms with van der Waals surface area (Å²) >= 11 is 0. The van der Waals surface area contributed by atoms with Crippen LogP contribution in [0.5, 0.6) is 0 Å². The van der Waals surface area contributed by atoms with E-state index in [2.05, 4.69) is 17.4 Å². The van der Waals surface area contributed by atoms with E-state index in [-0.39, 0.29) is 32.2 Å². The molecule has 2 aliphatic rings. The molecule has 3 atom stereocenters. The molecule has 1 fully saturated rings. The molecule has 34 heavy (non-hydrogen) atoms. The first-order chi connectivity index (χ1) is 16.4. The summed E-state index contributed by atoms with van der Waals surface area (Å²) in [4.78, 5) is 38.5. The van der Waals surface area contributed by atoms with Crippen molar-refractivity contribution in [1.82, 2.24) is 10.2 Å². The highest BCUT2D eigenvalue weighted by molar-refractivity contribution is 5.87. The van der Waals surface area contributed by atoms with Crippen LogP contribution in [-0.2, 0) is 23.8 Å². The molecule has 0 bridgehead atoms. The van der Waals surface area contributed by atoms with Crippen LogP contribution in [0.1, 0.15) is 17.0 Å². The van der Waals surface area contributed by atoms with E-state index in [0.717, 1.165) is 22.3 Å². The van der Waals surface area contributed by atoms with Crippen LogP contribution in [0.4, 0.5) is 4.79 Å². The van der Waals surface area contributed by atoms with Crippen molar-refractivity contribution in [2.24, 2.45) is 5.92 Å². The molecule has 2 aromatic rings. The third-order valence-electron chi connectivity index (χ3n) is 6.47. The van der Waals surface area contributed by atoms with E-state index in [1.54, 1.807) is 0 Å². The Balaban J connectivity index is 1.40. The Labute approximate surface area is 197 Å². The summed E-state index contributed by atoms with van der Waals surface area (Å²) in [6.45, 7) is 0.164. The molecular weight excluding hydrogens is 440 g/mol. The summed E-state index contributed by atoms with van der Waals surface area (Å²) in [5.41, 5.74) is 4.41. The van der Waals surface area contributed by atoms with Crippen LogP contribution in [-0.4, -0.2) is 80.6 Å². The van der Waals surface area contributed by atoms with Crippen molar-refractivity contribution in [3.63, 3.8) is 0 Å². The Kier molecular flexibility index (Phi) is 7.14. The van der Waals surface area contributed by atoms with Gasteiger partial charge in [-0.3, -0.25) is 9.59 Å². The van der Waals surface area contributed by atoms with Gasteiger partial charge in [-0.25, -0.2) is 4.79 Å². The Morgan fingerprint density at radius 2 is 1.65 bits per heavy atom. The summed E-state index contributed by atoms with van der Waals surface area (Å²) < 4.78 is 15.9. The zero-order chi connectivity index (χ0) is 24.2. The summed E-state index contributed by atoms with van der Waals surface area (Å²) in [6, 6.07) is 15.0. The van der Waals surface area contributed by atoms with E-state index >= 15 is 0 Å². The number of hydrogen-bond donors (Lipinski definition) is 2. The normalized spacial score (nSPS) is 19.9. The maximum atomic E-state index is 13.0. The summed E-state index contributed by atoms with van der Waals surface area (Å²) in [5.74, 6) is -2.41. The van der Waals surface area contributed by atoms with Gasteiger partial charge in [0, 0.05) is 33.2 Å². The second-order valence-corrected chi connectivity index (χ2v) is 8.44. The van der Waals surface area contributed by atoms with Crippen LogP contribution in [0.2, 0.25) is 0 Å². The molecule has 0 saturated carbocycles. The molecule has 2 amide bonds. The van der Waals surface area contributed by atoms with Gasteiger partial charge >= 0.3 is 12.1 Å². The molecule has 0 spiro atoms. The molecule has 1 saturated heterocycles. The number of carbonyl (C=O) groups excluding carboxylic acids is 2. The lowest BCUT2D eigenvalue weighted by Gasteiger charge is -2.24. The summed E-state index contributed by atoms with van der Waals surface area (Å²) in [6.07, 6.45) is -1.35. The number of aliphatic carboxylic acids is 1. The van der Waals surface area contributed by atoms with Gasteiger partial charge < -0.3 is 29.5 Å². The second-order valence-electron chi connectivity index (χ2n) is 8.44. The first kappa shape index (κ1) is 23.7. The Bertz CT molecular complexity index is 1030. The Morgan fingerprint density at radius 1 is 1.03 bits per heavy atom. The van der Waals surface area contributed by atoms with Crippen molar-refractivity contribution < 1.29 is 33.7 Å². The number of carboxylic acids is 1. The van der Waals surface area contributed by atoms with Gasteiger partial charge in [0.25, 0.3) is 0 Å². The number of likely N-dealkylation sites (tertiary alicyclic amines) is 1. The smallest absolute Gasteiger partial charge is 0.407 e. The predicted molar refractivity (Wildman–Crippen MR) is 122 cm³/mol. The average molecular weight is 469 g/mol. The lowest BCUT2D eigenvalue weighted by molar-refractivity contribution is -0.144. The molecule has 1 aliphatic heterocycles. The number of carbonyl (C=O) groups is 3. The number of methoxy groups -OCH3 is 2. The van der Waals surface area contributed by atoms with Crippen molar-refractivity contribution in [2.75, 3.05) is 40.5 Å². The standard InChI is InChI=1S/C25H28N2O7/c1-32-14-21(23(28)27-11-19(24(29)30)22(12-27)33-2)26-25(31)34-13-20-17-9-5-3-7-15(17)16-8-4-6-10-18(16)20/h3-10,19-22H,11-14H2,1-2H3,(H,26,31)(H,29,30)/t19?,21-,22?/m0/s1. The molecule has 9 heteroatoms. The topological polar surface area (TPSA) is 114 Å². The number of amides is 2. The molecule has 2 aromatic carbocycles. The number of rotatable bonds is 8. The van der Waals surface area contributed by atoms with Crippen molar-refractivity contribution >= 4 is 18.0 Å². The number of alkyl carbamates (subject to hydrolysis) is 1. The molecule has 4 rings (SSSR count). The Morgan fingerprint density at radius 3 is 2.18 bits per heavy atom. The lowest BCUT2D eigenvalue weighted by Crippen LogP contribution is -2.50. The van der Waals surface area contributed by atoms with Crippen LogP contribution in [0, 0.1) is 5.92 Å². The zero-order valence-corrected chi connectivity index (χ0v) is 19.1. The molecule has 9 nitrogen and oxygen atoms in total. The first-order valence-electron chi connectivity index (χ1n) is 11.1. The zero-order valence-electron chi connectivity index (χ0n) is 19.1. The number of carboxylic acid groups (broad SMARTS) is 1. The largest absolute Gasteiger partial charge is 0.481 e. The second kappa shape index (κ2) is 10.2. The third kappa shape index (κ3) is 4.62. The fraction of sp³-hybridized carbons (Fsp3) is 0.400. The molecule has 0 aromatic heterocycles. The molecule has 1 heterocycles. The highest BCUT2D eigenvalue weighted by Gasteiger charge is 2.42. The van der Waals surface area contributed by atoms with Crippen LogP contribution in [0.3, 0.4) is 0 Å². The minimum atomic E-state index is -1.03. The quantitative estimate of drug-likeness (QED) is 0.610. The van der Waals surface area contributed by atoms with Gasteiger partial charge in [-0.15, -0.1) is 0 Å². The van der Waals surface area contributed by atoms with Crippen LogP contribution < -0.4 is 5.32 Å². The minimum Gasteiger partial charge on any atom is -0.481 e. The first-order valence-corrected chi connectivity index (χ1v) is 11.1. The lowest BCUT2D eigenvalue weighted by atomic mass is 9.98. The summed E-state index contributed by atoms with van der Waals surface area (Å²) in [7, 11) is 2.83. The van der Waals surface area contributed by atoms with Crippen LogP contribution >= 0.6 is 0 Å². The van der Waals surface area contributed by atoms with Gasteiger partial charge in [0.2, 0.25) is 5.91 Å². The van der Waals surface area contributed by atoms with E-state index in [1.165, 1.54) is 19.1 Å². The number of hydrogen-bond acceptors (Lipinski definition) is 6. The van der Waals surface area contributed by atoms with Crippen molar-refractivity contribution in [1.29, 1.82) is 0 Å². The van der Waals surface area contributed by atoms with E-state index in [4.69, 9.17) is 14.2 Å². The number of ether oxygens (including phenoxy) is 3. The molecule has 0 radical (unpaired) electrons. The number of nitrogens with zero attached hydrogens (tertiary/aromatic N) is 1. The Hall–Kier alpha value is -3.43. The van der Waals surface area contributed by atoms with Crippen molar-refractivity contribution in [2.45, 2.75) is 18.1 Å². The van der Waals surface area contributed by atoms with Gasteiger partial charge in [-0.05, 0) is 22.3 Å². The van der Waals surface area contributed by atoms with E-state index in [1.807, 2.05) is 36.4 Å². The summed E-state index contributed by atoms with van der Waals surface area (Å²) in [5, 5.41) is 12.0. The van der Waals surface area contributed by atoms with Gasteiger partial charge in [0.1, 0.15) is 18.6 Å². The molecule has 1 aliphatic carbocycles. The van der Waals surface area contributed by atoms with E-state index < -0.39 is 36.0 Å². The van der Waals surface area contributed by atoms with Crippen molar-refractivity contribution in [3.8, 4) is 11.1 Å². The van der Waals surface area contributed by atoms with Crippen LogP contribution in [0.25, 0.3) is 11.1 Å². The molecular formula is C25H28N2O7. The number of fused-ring (bicyclic) bond motifs is 3. The highest BCUT2D eigenvalue weighted by Crippen LogP contribution is 2.44. The highest BCUT2D eigenvalue weighted by atomic mass is 16.5. The maximum absolute atomic E-state index is 13.0. The third-order valence-corrected chi connectivity index (χ3v) is 6.47. The van der Waals surface area contributed by atoms with Gasteiger partial charge in [0.15, 0.2) is 0 Å². The van der Waals surface area contributed by atoms with Gasteiger partial charge in [-0.2, -0.15) is 0 Å². The fourth-order valence-electron chi connectivity index (χ4n) is 4.77. The fourth-order valence-corrected chi connectivity index (χ4v) is 4.77. The van der Waals surface area contributed by atoms with Crippen molar-refractivity contribution in [3.05, 3.63) is 59.7 Å². The number of benzene rings is 2. The van der Waals surface area contributed by atoms with Gasteiger partial charge in [-0.1, -0.05) is 48.5 Å². The maximum Gasteiger partial charge on any atom is 0.407 e. The van der Waals surface area contributed by atoms with E-state index in [0.29, 0.717) is 0 Å². The average Bonchev–Trinajstić information content (AvgIpc) is 3.42. The van der Waals surface area contributed by atoms with Crippen LogP contribution in [0.15, 0.2) is 48.5 Å². The van der Waals surface area contributed by atoms with Gasteiger partial charge in [0.05, 0.1) is 12.7 Å².